The molecule has 0 aromatic carbocycles. The largest absolute Gasteiger partial charge is 0.420 e. The minimum atomic E-state index is -4.75. The van der Waals surface area contributed by atoms with Gasteiger partial charge in [0.1, 0.15) is 15.9 Å². The first-order valence-corrected chi connectivity index (χ1v) is 11.2. The van der Waals surface area contributed by atoms with E-state index in [-0.39, 0.29) is 11.6 Å². The summed E-state index contributed by atoms with van der Waals surface area (Å²) in [5.74, 6) is -0.470. The van der Waals surface area contributed by atoms with Gasteiger partial charge in [-0.1, -0.05) is 25.2 Å². The van der Waals surface area contributed by atoms with Gasteiger partial charge in [0.05, 0.1) is 47.3 Å². The molecule has 0 fully saturated rings. The highest BCUT2D eigenvalue weighted by Crippen LogP contribution is 2.38. The Kier molecular flexibility index (Phi) is 6.67. The lowest BCUT2D eigenvalue weighted by Gasteiger charge is -2.23. The monoisotopic (exact) mass is 506 g/mol. The fourth-order valence-corrected chi connectivity index (χ4v) is 4.39. The fourth-order valence-electron chi connectivity index (χ4n) is 3.61. The number of aryl methyl sites for hydroxylation is 1. The second-order valence-corrected chi connectivity index (χ2v) is 9.04. The van der Waals surface area contributed by atoms with E-state index in [2.05, 4.69) is 35.8 Å². The summed E-state index contributed by atoms with van der Waals surface area (Å²) >= 11 is 1.41. The molecular weight excluding hydrogens is 485 g/mol. The van der Waals surface area contributed by atoms with Gasteiger partial charge in [0, 0.05) is 12.7 Å². The van der Waals surface area contributed by atoms with Crippen molar-refractivity contribution in [3.8, 4) is 5.82 Å². The molecule has 0 aliphatic rings. The van der Waals surface area contributed by atoms with Crippen LogP contribution in [-0.4, -0.2) is 43.1 Å². The smallest absolute Gasteiger partial charge is 0.376 e. The quantitative estimate of drug-likeness (QED) is 0.378. The van der Waals surface area contributed by atoms with Gasteiger partial charge < -0.3 is 15.4 Å². The molecule has 10 nitrogen and oxygen atoms in total. The van der Waals surface area contributed by atoms with Crippen molar-refractivity contribution in [2.24, 2.45) is 5.92 Å². The molecule has 2 amide bonds. The molecule has 4 aromatic rings. The van der Waals surface area contributed by atoms with Crippen LogP contribution in [0.25, 0.3) is 16.2 Å². The molecule has 0 bridgehead atoms. The molecule has 0 aliphatic carbocycles. The standard InChI is InChI=1S/C21H21F3N8O2S/c1-10(2)17(34-4)15-14(9-26-19-16(15)29-11(3)35-19)31-20(33)30-12-7-13(21(22,23)24)18(25-8-12)32-27-5-6-28-32/h5-10,17H,1-4H3,(H2,30,31,33). The first-order valence-electron chi connectivity index (χ1n) is 10.4. The zero-order valence-corrected chi connectivity index (χ0v) is 19.9. The number of aromatic nitrogens is 6. The number of carbonyl (C=O) groups excluding carboxylic acids is 1. The third kappa shape index (κ3) is 5.07. The fraction of sp³-hybridized carbons (Fsp3) is 0.333. The highest BCUT2D eigenvalue weighted by atomic mass is 32.1. The Morgan fingerprint density at radius 2 is 1.86 bits per heavy atom. The van der Waals surface area contributed by atoms with Gasteiger partial charge >= 0.3 is 12.2 Å². The molecule has 1 atom stereocenters. The second kappa shape index (κ2) is 9.54. The number of nitrogens with zero attached hydrogens (tertiary/aromatic N) is 6. The zero-order chi connectivity index (χ0) is 25.3. The van der Waals surface area contributed by atoms with E-state index in [9.17, 15) is 18.0 Å². The average Bonchev–Trinajstić information content (AvgIpc) is 3.44. The minimum Gasteiger partial charge on any atom is -0.376 e. The van der Waals surface area contributed by atoms with Crippen molar-refractivity contribution < 1.29 is 22.7 Å². The summed E-state index contributed by atoms with van der Waals surface area (Å²) in [6.07, 6.45) is -0.119. The van der Waals surface area contributed by atoms with Crippen LogP contribution in [0.5, 0.6) is 0 Å². The topological polar surface area (TPSA) is 120 Å². The van der Waals surface area contributed by atoms with Crippen molar-refractivity contribution in [3.63, 3.8) is 0 Å². The summed E-state index contributed by atoms with van der Waals surface area (Å²) in [6, 6.07) is -0.0124. The molecule has 4 heterocycles. The Labute approximate surface area is 201 Å². The Bertz CT molecular complexity index is 1350. The number of amides is 2. The van der Waals surface area contributed by atoms with Crippen LogP contribution in [0.15, 0.2) is 30.9 Å². The third-order valence-electron chi connectivity index (χ3n) is 5.00. The minimum absolute atomic E-state index is 0.0400. The van der Waals surface area contributed by atoms with Crippen LogP contribution in [0, 0.1) is 12.8 Å². The molecule has 184 valence electrons. The predicted molar refractivity (Wildman–Crippen MR) is 124 cm³/mol. The van der Waals surface area contributed by atoms with E-state index < -0.39 is 29.7 Å². The van der Waals surface area contributed by atoms with Crippen LogP contribution in [0.4, 0.5) is 29.3 Å². The Morgan fingerprint density at radius 1 is 1.14 bits per heavy atom. The maximum absolute atomic E-state index is 13.6. The molecule has 4 aromatic heterocycles. The molecule has 14 heteroatoms. The Morgan fingerprint density at radius 3 is 2.49 bits per heavy atom. The number of urea groups is 1. The molecule has 4 rings (SSSR count). The first kappa shape index (κ1) is 24.5. The van der Waals surface area contributed by atoms with Gasteiger partial charge in [0.25, 0.3) is 0 Å². The lowest BCUT2D eigenvalue weighted by molar-refractivity contribution is -0.137. The van der Waals surface area contributed by atoms with E-state index in [1.807, 2.05) is 20.8 Å². The van der Waals surface area contributed by atoms with Gasteiger partial charge in [-0.15, -0.1) is 4.80 Å². The van der Waals surface area contributed by atoms with Crippen molar-refractivity contribution in [2.45, 2.75) is 33.1 Å². The second-order valence-electron chi connectivity index (χ2n) is 7.86. The van der Waals surface area contributed by atoms with Gasteiger partial charge in [-0.05, 0) is 18.9 Å². The summed E-state index contributed by atoms with van der Waals surface area (Å²) in [7, 11) is 1.56. The van der Waals surface area contributed by atoms with Crippen LogP contribution in [-0.2, 0) is 10.9 Å². The number of anilines is 2. The number of hydrogen-bond donors (Lipinski definition) is 2. The van der Waals surface area contributed by atoms with Gasteiger partial charge in [-0.2, -0.15) is 23.4 Å². The van der Waals surface area contributed by atoms with Crippen LogP contribution >= 0.6 is 11.3 Å². The maximum Gasteiger partial charge on any atom is 0.420 e. The molecule has 0 saturated carbocycles. The van der Waals surface area contributed by atoms with Crippen molar-refractivity contribution >= 4 is 39.1 Å². The number of hydrogen-bond acceptors (Lipinski definition) is 8. The third-order valence-corrected chi connectivity index (χ3v) is 5.88. The first-order chi connectivity index (χ1) is 16.6. The Hall–Kier alpha value is -3.65. The maximum atomic E-state index is 13.6. The highest BCUT2D eigenvalue weighted by Gasteiger charge is 2.36. The van der Waals surface area contributed by atoms with Crippen molar-refractivity contribution in [2.75, 3.05) is 17.7 Å². The van der Waals surface area contributed by atoms with Crippen molar-refractivity contribution in [3.05, 3.63) is 47.0 Å². The molecule has 0 spiro atoms. The van der Waals surface area contributed by atoms with E-state index in [0.29, 0.717) is 21.6 Å². The van der Waals surface area contributed by atoms with Crippen molar-refractivity contribution in [1.82, 2.24) is 29.9 Å². The summed E-state index contributed by atoms with van der Waals surface area (Å²) in [6.45, 7) is 5.77. The molecule has 0 aliphatic heterocycles. The number of fused-ring (bicyclic) bond motifs is 1. The van der Waals surface area contributed by atoms with E-state index in [0.717, 1.165) is 22.1 Å². The zero-order valence-electron chi connectivity index (χ0n) is 19.1. The van der Waals surface area contributed by atoms with E-state index in [1.165, 1.54) is 29.9 Å². The van der Waals surface area contributed by atoms with Crippen LogP contribution < -0.4 is 10.6 Å². The van der Waals surface area contributed by atoms with Gasteiger partial charge in [-0.3, -0.25) is 0 Å². The number of nitrogens with one attached hydrogen (secondary N) is 2. The molecular formula is C21H21F3N8O2S. The normalized spacial score (nSPS) is 12.8. The number of halogens is 3. The van der Waals surface area contributed by atoms with Crippen LogP contribution in [0.3, 0.4) is 0 Å². The molecule has 35 heavy (non-hydrogen) atoms. The van der Waals surface area contributed by atoms with Gasteiger partial charge in [-0.25, -0.2) is 19.7 Å². The highest BCUT2D eigenvalue weighted by molar-refractivity contribution is 7.18. The van der Waals surface area contributed by atoms with Crippen LogP contribution in [0.2, 0.25) is 0 Å². The molecule has 1 unspecified atom stereocenters. The van der Waals surface area contributed by atoms with E-state index in [4.69, 9.17) is 4.74 Å². The van der Waals surface area contributed by atoms with E-state index >= 15 is 0 Å². The molecule has 0 saturated heterocycles. The van der Waals surface area contributed by atoms with Gasteiger partial charge in [0.2, 0.25) is 0 Å². The number of alkyl halides is 3. The SMILES string of the molecule is COC(c1c(NC(=O)Nc2cnc(-n3nccn3)c(C(F)(F)F)c2)cnc2sc(C)nc12)C(C)C. The molecule has 2 N–H and O–H groups in total. The number of pyridine rings is 2. The number of carbonyl (C=O) groups is 1. The lowest BCUT2D eigenvalue weighted by atomic mass is 9.97. The predicted octanol–water partition coefficient (Wildman–Crippen LogP) is 4.98. The number of ether oxygens (including phenoxy) is 1. The summed E-state index contributed by atoms with van der Waals surface area (Å²) in [4.78, 5) is 26.9. The average molecular weight is 507 g/mol. The van der Waals surface area contributed by atoms with Gasteiger partial charge in [0.15, 0.2) is 5.82 Å². The van der Waals surface area contributed by atoms with Crippen molar-refractivity contribution in [1.29, 1.82) is 0 Å². The number of methoxy groups -OCH3 is 1. The summed E-state index contributed by atoms with van der Waals surface area (Å²) < 4.78 is 46.6. The molecule has 0 radical (unpaired) electrons. The lowest BCUT2D eigenvalue weighted by Crippen LogP contribution is -2.23. The summed E-state index contributed by atoms with van der Waals surface area (Å²) in [5.41, 5.74) is 0.303. The summed E-state index contributed by atoms with van der Waals surface area (Å²) in [5, 5.41) is 13.3. The Balaban J connectivity index is 1.65. The number of rotatable bonds is 6. The number of thiazole rings is 1. The van der Waals surface area contributed by atoms with E-state index in [1.54, 1.807) is 7.11 Å². The van der Waals surface area contributed by atoms with Crippen LogP contribution in [0.1, 0.15) is 36.1 Å².